The maximum absolute atomic E-state index is 11.8. The topological polar surface area (TPSA) is 58.6 Å². The molecule has 2 N–H and O–H groups in total. The summed E-state index contributed by atoms with van der Waals surface area (Å²) < 4.78 is 5.28. The molecule has 0 bridgehead atoms. The van der Waals surface area contributed by atoms with Crippen LogP contribution in [0.25, 0.3) is 0 Å². The number of hydrogen-bond donors (Lipinski definition) is 2. The largest absolute Gasteiger partial charge is 0.395 e. The number of nitrogens with one attached hydrogen (secondary N) is 1. The molecular weight excluding hydrogens is 254 g/mol. The van der Waals surface area contributed by atoms with Crippen molar-refractivity contribution >= 4 is 11.6 Å². The molecule has 0 radical (unpaired) electrons. The summed E-state index contributed by atoms with van der Waals surface area (Å²) in [4.78, 5) is 11.8. The summed E-state index contributed by atoms with van der Waals surface area (Å²) in [6, 6.07) is 7.37. The number of carbonyl (C=O) groups is 1. The summed E-state index contributed by atoms with van der Waals surface area (Å²) in [7, 11) is 0. The lowest BCUT2D eigenvalue weighted by molar-refractivity contribution is -0.117. The van der Waals surface area contributed by atoms with Crippen molar-refractivity contribution < 1.29 is 14.6 Å². The number of aliphatic hydroxyl groups is 1. The number of amides is 1. The van der Waals surface area contributed by atoms with E-state index in [9.17, 15) is 4.79 Å². The highest BCUT2D eigenvalue weighted by Gasteiger charge is 2.05. The fraction of sp³-hybridized carbons (Fsp3) is 0.438. The van der Waals surface area contributed by atoms with Crippen LogP contribution >= 0.6 is 0 Å². The van der Waals surface area contributed by atoms with Gasteiger partial charge in [0.15, 0.2) is 0 Å². The normalized spacial score (nSPS) is 9.70. The Hall–Kier alpha value is -1.83. The summed E-state index contributed by atoms with van der Waals surface area (Å²) in [5.74, 6) is 5.70. The molecular formula is C16H21NO3. The van der Waals surface area contributed by atoms with Crippen LogP contribution in [0.4, 0.5) is 5.69 Å². The van der Waals surface area contributed by atoms with Crippen molar-refractivity contribution in [3.63, 3.8) is 0 Å². The van der Waals surface area contributed by atoms with E-state index in [1.807, 2.05) is 31.2 Å². The summed E-state index contributed by atoms with van der Waals surface area (Å²) in [6.45, 7) is 3.17. The van der Waals surface area contributed by atoms with Crippen LogP contribution in [0.2, 0.25) is 0 Å². The Morgan fingerprint density at radius 2 is 2.15 bits per heavy atom. The molecule has 1 amide bonds. The SMILES string of the molecule is CCCOCCC(=O)Nc1ccccc1C#CCCO. The smallest absolute Gasteiger partial charge is 0.226 e. The monoisotopic (exact) mass is 275 g/mol. The fourth-order valence-corrected chi connectivity index (χ4v) is 1.54. The summed E-state index contributed by atoms with van der Waals surface area (Å²) in [6.07, 6.45) is 1.70. The predicted molar refractivity (Wildman–Crippen MR) is 79.4 cm³/mol. The molecule has 0 aliphatic rings. The van der Waals surface area contributed by atoms with Crippen LogP contribution in [-0.4, -0.2) is 30.8 Å². The van der Waals surface area contributed by atoms with E-state index >= 15 is 0 Å². The minimum atomic E-state index is -0.0856. The molecule has 0 saturated heterocycles. The molecule has 0 aliphatic heterocycles. The van der Waals surface area contributed by atoms with Crippen LogP contribution in [-0.2, 0) is 9.53 Å². The van der Waals surface area contributed by atoms with Gasteiger partial charge in [-0.05, 0) is 18.6 Å². The average molecular weight is 275 g/mol. The third kappa shape index (κ3) is 6.37. The quantitative estimate of drug-likeness (QED) is 0.592. The van der Waals surface area contributed by atoms with E-state index in [-0.39, 0.29) is 12.5 Å². The fourth-order valence-electron chi connectivity index (χ4n) is 1.54. The van der Waals surface area contributed by atoms with E-state index in [2.05, 4.69) is 17.2 Å². The number of hydrogen-bond acceptors (Lipinski definition) is 3. The van der Waals surface area contributed by atoms with Gasteiger partial charge in [0.2, 0.25) is 5.91 Å². The van der Waals surface area contributed by atoms with E-state index < -0.39 is 0 Å². The first kappa shape index (κ1) is 16.2. The van der Waals surface area contributed by atoms with Crippen molar-refractivity contribution in [1.29, 1.82) is 0 Å². The minimum Gasteiger partial charge on any atom is -0.395 e. The van der Waals surface area contributed by atoms with Gasteiger partial charge in [0, 0.05) is 18.6 Å². The van der Waals surface area contributed by atoms with Gasteiger partial charge in [0.1, 0.15) is 0 Å². The van der Waals surface area contributed by atoms with Gasteiger partial charge in [-0.3, -0.25) is 4.79 Å². The molecule has 108 valence electrons. The van der Waals surface area contributed by atoms with Crippen LogP contribution in [0.15, 0.2) is 24.3 Å². The number of carbonyl (C=O) groups excluding carboxylic acids is 1. The molecule has 0 atom stereocenters. The van der Waals surface area contributed by atoms with Crippen molar-refractivity contribution in [3.8, 4) is 11.8 Å². The van der Waals surface area contributed by atoms with Crippen molar-refractivity contribution in [2.75, 3.05) is 25.1 Å². The molecule has 0 unspecified atom stereocenters. The zero-order valence-electron chi connectivity index (χ0n) is 11.8. The number of aliphatic hydroxyl groups excluding tert-OH is 1. The second-order valence-electron chi connectivity index (χ2n) is 4.23. The first-order valence-corrected chi connectivity index (χ1v) is 6.84. The lowest BCUT2D eigenvalue weighted by Gasteiger charge is -2.07. The Morgan fingerprint density at radius 3 is 2.90 bits per heavy atom. The highest BCUT2D eigenvalue weighted by atomic mass is 16.5. The van der Waals surface area contributed by atoms with Gasteiger partial charge in [0.25, 0.3) is 0 Å². The zero-order chi connectivity index (χ0) is 14.6. The van der Waals surface area contributed by atoms with Crippen LogP contribution in [0.1, 0.15) is 31.7 Å². The van der Waals surface area contributed by atoms with E-state index in [1.54, 1.807) is 0 Å². The number of rotatable bonds is 7. The first-order chi connectivity index (χ1) is 9.77. The molecule has 0 spiro atoms. The Bertz CT molecular complexity index is 474. The molecule has 1 aromatic carbocycles. The van der Waals surface area contributed by atoms with E-state index in [0.29, 0.717) is 31.7 Å². The van der Waals surface area contributed by atoms with Gasteiger partial charge >= 0.3 is 0 Å². The van der Waals surface area contributed by atoms with Gasteiger partial charge in [-0.2, -0.15) is 0 Å². The molecule has 0 heterocycles. The van der Waals surface area contributed by atoms with Crippen LogP contribution in [0, 0.1) is 11.8 Å². The molecule has 20 heavy (non-hydrogen) atoms. The summed E-state index contributed by atoms with van der Waals surface area (Å²) in [5, 5.41) is 11.5. The summed E-state index contributed by atoms with van der Waals surface area (Å²) >= 11 is 0. The van der Waals surface area contributed by atoms with E-state index in [1.165, 1.54) is 0 Å². The molecule has 0 aromatic heterocycles. The van der Waals surface area contributed by atoms with Gasteiger partial charge in [-0.1, -0.05) is 30.9 Å². The van der Waals surface area contributed by atoms with Crippen molar-refractivity contribution in [2.45, 2.75) is 26.2 Å². The zero-order valence-corrected chi connectivity index (χ0v) is 11.8. The number of benzene rings is 1. The average Bonchev–Trinajstić information content (AvgIpc) is 2.46. The molecule has 4 nitrogen and oxygen atoms in total. The molecule has 0 fully saturated rings. The van der Waals surface area contributed by atoms with Crippen LogP contribution in [0.3, 0.4) is 0 Å². The third-order valence-electron chi connectivity index (χ3n) is 2.48. The minimum absolute atomic E-state index is 0.0380. The van der Waals surface area contributed by atoms with Crippen molar-refractivity contribution in [1.82, 2.24) is 0 Å². The van der Waals surface area contributed by atoms with E-state index in [4.69, 9.17) is 9.84 Å². The van der Waals surface area contributed by atoms with Gasteiger partial charge in [-0.25, -0.2) is 0 Å². The first-order valence-electron chi connectivity index (χ1n) is 6.84. The van der Waals surface area contributed by atoms with Crippen LogP contribution in [0.5, 0.6) is 0 Å². The maximum atomic E-state index is 11.8. The predicted octanol–water partition coefficient (Wildman–Crippen LogP) is 2.18. The maximum Gasteiger partial charge on any atom is 0.226 e. The Balaban J connectivity index is 2.54. The van der Waals surface area contributed by atoms with Crippen molar-refractivity contribution in [2.24, 2.45) is 0 Å². The Kier molecular flexibility index (Phi) is 8.13. The third-order valence-corrected chi connectivity index (χ3v) is 2.48. The Morgan fingerprint density at radius 1 is 1.35 bits per heavy atom. The molecule has 1 aromatic rings. The van der Waals surface area contributed by atoms with Crippen molar-refractivity contribution in [3.05, 3.63) is 29.8 Å². The lowest BCUT2D eigenvalue weighted by atomic mass is 10.1. The Labute approximate surface area is 120 Å². The second kappa shape index (κ2) is 10.0. The number of anilines is 1. The highest BCUT2D eigenvalue weighted by molar-refractivity contribution is 5.92. The van der Waals surface area contributed by atoms with Gasteiger partial charge in [-0.15, -0.1) is 0 Å². The lowest BCUT2D eigenvalue weighted by Crippen LogP contribution is -2.15. The number of ether oxygens (including phenoxy) is 1. The highest BCUT2D eigenvalue weighted by Crippen LogP contribution is 2.14. The number of para-hydroxylation sites is 1. The van der Waals surface area contributed by atoms with Gasteiger partial charge in [0.05, 0.1) is 25.3 Å². The molecule has 4 heteroatoms. The van der Waals surface area contributed by atoms with E-state index in [0.717, 1.165) is 12.0 Å². The molecule has 0 aliphatic carbocycles. The van der Waals surface area contributed by atoms with Crippen LogP contribution < -0.4 is 5.32 Å². The standard InChI is InChI=1S/C16H21NO3/c1-2-12-20-13-10-16(19)17-15-9-4-3-7-14(15)8-5-6-11-18/h3-4,7,9,18H,2,6,10-13H2,1H3,(H,17,19). The summed E-state index contributed by atoms with van der Waals surface area (Å²) in [5.41, 5.74) is 1.45. The van der Waals surface area contributed by atoms with Gasteiger partial charge < -0.3 is 15.2 Å². The molecule has 1 rings (SSSR count). The molecule has 0 saturated carbocycles. The second-order valence-corrected chi connectivity index (χ2v) is 4.23.